The first-order chi connectivity index (χ1) is 7.11. The number of esters is 1. The van der Waals surface area contributed by atoms with Crippen LogP contribution in [0.3, 0.4) is 0 Å². The minimum Gasteiger partial charge on any atom is -0.463 e. The second-order valence-corrected chi connectivity index (χ2v) is 3.83. The average Bonchev–Trinajstić information content (AvgIpc) is 2.60. The molecule has 0 amide bonds. The van der Waals surface area contributed by atoms with Crippen molar-refractivity contribution in [3.8, 4) is 0 Å². The van der Waals surface area contributed by atoms with E-state index in [9.17, 15) is 4.79 Å². The maximum Gasteiger partial charge on any atom is 0.378 e. The number of aromatic nitrogens is 3. The smallest absolute Gasteiger partial charge is 0.378 e. The largest absolute Gasteiger partial charge is 0.463 e. The summed E-state index contributed by atoms with van der Waals surface area (Å²) in [5.74, 6) is 0.251. The van der Waals surface area contributed by atoms with Gasteiger partial charge in [0.15, 0.2) is 0 Å². The zero-order valence-electron chi connectivity index (χ0n) is 9.02. The molecule has 0 spiro atoms. The van der Waals surface area contributed by atoms with Gasteiger partial charge in [0.1, 0.15) is 0 Å². The van der Waals surface area contributed by atoms with Crippen LogP contribution in [0.4, 0.5) is 5.95 Å². The van der Waals surface area contributed by atoms with Crippen LogP contribution in [-0.4, -0.2) is 33.9 Å². The van der Waals surface area contributed by atoms with Gasteiger partial charge in [0.25, 0.3) is 5.82 Å². The molecule has 2 unspecified atom stereocenters. The van der Waals surface area contributed by atoms with Crippen molar-refractivity contribution in [2.75, 3.05) is 12.4 Å². The fraction of sp³-hybridized carbons (Fsp3) is 0.667. The summed E-state index contributed by atoms with van der Waals surface area (Å²) in [6.45, 7) is 4.13. The van der Waals surface area contributed by atoms with Crippen molar-refractivity contribution in [3.05, 3.63) is 5.82 Å². The van der Waals surface area contributed by atoms with Crippen LogP contribution in [0.5, 0.6) is 0 Å². The number of carbonyl (C=O) groups is 1. The van der Waals surface area contributed by atoms with Gasteiger partial charge < -0.3 is 10.1 Å². The Kier molecular flexibility index (Phi) is 2.34. The van der Waals surface area contributed by atoms with E-state index in [1.165, 1.54) is 7.11 Å². The van der Waals surface area contributed by atoms with Crippen molar-refractivity contribution in [2.45, 2.75) is 32.4 Å². The van der Waals surface area contributed by atoms with E-state index >= 15 is 0 Å². The summed E-state index contributed by atoms with van der Waals surface area (Å²) >= 11 is 0. The van der Waals surface area contributed by atoms with E-state index in [2.05, 4.69) is 34.0 Å². The van der Waals surface area contributed by atoms with Crippen molar-refractivity contribution < 1.29 is 9.53 Å². The van der Waals surface area contributed by atoms with Crippen molar-refractivity contribution >= 4 is 11.9 Å². The number of fused-ring (bicyclic) bond motifs is 1. The van der Waals surface area contributed by atoms with E-state index in [1.807, 2.05) is 0 Å². The molecule has 6 nitrogen and oxygen atoms in total. The lowest BCUT2D eigenvalue weighted by molar-refractivity contribution is 0.0586. The highest BCUT2D eigenvalue weighted by atomic mass is 16.5. The molecule has 2 heterocycles. The lowest BCUT2D eigenvalue weighted by Crippen LogP contribution is -2.29. The zero-order chi connectivity index (χ0) is 11.0. The molecule has 1 aliphatic rings. The Hall–Kier alpha value is -1.59. The zero-order valence-corrected chi connectivity index (χ0v) is 9.02. The molecule has 0 aromatic carbocycles. The van der Waals surface area contributed by atoms with Crippen LogP contribution in [-0.2, 0) is 4.74 Å². The Bertz CT molecular complexity index is 387. The first-order valence-electron chi connectivity index (χ1n) is 4.93. The van der Waals surface area contributed by atoms with Crippen LogP contribution in [0.2, 0.25) is 0 Å². The summed E-state index contributed by atoms with van der Waals surface area (Å²) in [5, 5.41) is 7.28. The summed E-state index contributed by atoms with van der Waals surface area (Å²) in [5.41, 5.74) is 0. The van der Waals surface area contributed by atoms with Gasteiger partial charge in [0.05, 0.1) is 13.2 Å². The molecule has 82 valence electrons. The highest BCUT2D eigenvalue weighted by Crippen LogP contribution is 2.24. The summed E-state index contributed by atoms with van der Waals surface area (Å²) < 4.78 is 6.30. The Balaban J connectivity index is 2.34. The van der Waals surface area contributed by atoms with Gasteiger partial charge in [-0.05, 0) is 20.3 Å². The molecule has 1 aromatic heterocycles. The van der Waals surface area contributed by atoms with Gasteiger partial charge in [-0.15, -0.1) is 5.10 Å². The molecule has 6 heteroatoms. The van der Waals surface area contributed by atoms with Gasteiger partial charge in [-0.25, -0.2) is 9.48 Å². The summed E-state index contributed by atoms with van der Waals surface area (Å²) in [6.07, 6.45) is 0.969. The molecule has 0 saturated carbocycles. The van der Waals surface area contributed by atoms with E-state index in [1.54, 1.807) is 4.68 Å². The molecule has 0 aliphatic carbocycles. The summed E-state index contributed by atoms with van der Waals surface area (Å²) in [7, 11) is 1.32. The highest BCUT2D eigenvalue weighted by Gasteiger charge is 2.25. The lowest BCUT2D eigenvalue weighted by Gasteiger charge is -2.26. The fourth-order valence-corrected chi connectivity index (χ4v) is 1.80. The number of hydrogen-bond acceptors (Lipinski definition) is 5. The third-order valence-electron chi connectivity index (χ3n) is 2.49. The van der Waals surface area contributed by atoms with Crippen LogP contribution < -0.4 is 5.32 Å². The molecule has 1 aliphatic heterocycles. The molecule has 0 saturated heterocycles. The molecule has 15 heavy (non-hydrogen) atoms. The van der Waals surface area contributed by atoms with Crippen LogP contribution in [0, 0.1) is 0 Å². The molecule has 1 N–H and O–H groups in total. The molecule has 2 rings (SSSR count). The Morgan fingerprint density at radius 2 is 2.33 bits per heavy atom. The standard InChI is InChI=1S/C9H14N4O2/c1-5-4-6(2)13-9(10-5)11-7(12-13)8(14)15-3/h5-6H,4H2,1-3H3,(H,10,11,12). The number of hydrogen-bond donors (Lipinski definition) is 1. The lowest BCUT2D eigenvalue weighted by atomic mass is 10.1. The van der Waals surface area contributed by atoms with Crippen molar-refractivity contribution in [2.24, 2.45) is 0 Å². The first-order valence-corrected chi connectivity index (χ1v) is 4.93. The van der Waals surface area contributed by atoms with E-state index < -0.39 is 5.97 Å². The maximum atomic E-state index is 11.2. The number of anilines is 1. The number of nitrogens with zero attached hydrogens (tertiary/aromatic N) is 3. The normalized spacial score (nSPS) is 24.2. The predicted molar refractivity (Wildman–Crippen MR) is 53.8 cm³/mol. The SMILES string of the molecule is COC(=O)c1nc2n(n1)C(C)CC(C)N2. The number of carbonyl (C=O) groups excluding carboxylic acids is 1. The number of ether oxygens (including phenoxy) is 1. The van der Waals surface area contributed by atoms with Gasteiger partial charge in [0.2, 0.25) is 5.95 Å². The average molecular weight is 210 g/mol. The predicted octanol–water partition coefficient (Wildman–Crippen LogP) is 0.830. The van der Waals surface area contributed by atoms with Crippen molar-refractivity contribution in [1.29, 1.82) is 0 Å². The monoisotopic (exact) mass is 210 g/mol. The molecule has 0 fully saturated rings. The molecule has 0 radical (unpaired) electrons. The second kappa shape index (κ2) is 3.52. The van der Waals surface area contributed by atoms with Crippen LogP contribution in [0.15, 0.2) is 0 Å². The van der Waals surface area contributed by atoms with E-state index in [-0.39, 0.29) is 11.9 Å². The number of methoxy groups -OCH3 is 1. The van der Waals surface area contributed by atoms with Gasteiger partial charge in [-0.2, -0.15) is 4.98 Å². The number of nitrogens with one attached hydrogen (secondary N) is 1. The van der Waals surface area contributed by atoms with Crippen LogP contribution >= 0.6 is 0 Å². The van der Waals surface area contributed by atoms with Gasteiger partial charge in [-0.3, -0.25) is 0 Å². The van der Waals surface area contributed by atoms with Crippen molar-refractivity contribution in [3.63, 3.8) is 0 Å². The van der Waals surface area contributed by atoms with Gasteiger partial charge >= 0.3 is 5.97 Å². The van der Waals surface area contributed by atoms with E-state index in [0.29, 0.717) is 12.0 Å². The molecular formula is C9H14N4O2. The molecule has 0 bridgehead atoms. The fourth-order valence-electron chi connectivity index (χ4n) is 1.80. The molecular weight excluding hydrogens is 196 g/mol. The van der Waals surface area contributed by atoms with Gasteiger partial charge in [-0.1, -0.05) is 0 Å². The minimum absolute atomic E-state index is 0.112. The maximum absolute atomic E-state index is 11.2. The highest BCUT2D eigenvalue weighted by molar-refractivity contribution is 5.85. The Morgan fingerprint density at radius 3 is 3.00 bits per heavy atom. The number of rotatable bonds is 1. The first kappa shape index (κ1) is 9.95. The quantitative estimate of drug-likeness (QED) is 0.695. The van der Waals surface area contributed by atoms with Crippen molar-refractivity contribution in [1.82, 2.24) is 14.8 Å². The summed E-state index contributed by atoms with van der Waals surface area (Å²) in [4.78, 5) is 15.3. The van der Waals surface area contributed by atoms with Crippen LogP contribution in [0.1, 0.15) is 36.9 Å². The second-order valence-electron chi connectivity index (χ2n) is 3.83. The minimum atomic E-state index is -0.501. The third-order valence-corrected chi connectivity index (χ3v) is 2.49. The molecule has 1 aromatic rings. The topological polar surface area (TPSA) is 69.0 Å². The van der Waals surface area contributed by atoms with Crippen LogP contribution in [0.25, 0.3) is 0 Å². The van der Waals surface area contributed by atoms with E-state index in [0.717, 1.165) is 6.42 Å². The summed E-state index contributed by atoms with van der Waals surface area (Å²) in [6, 6.07) is 0.601. The Morgan fingerprint density at radius 1 is 1.60 bits per heavy atom. The Labute approximate surface area is 87.6 Å². The van der Waals surface area contributed by atoms with E-state index in [4.69, 9.17) is 0 Å². The third kappa shape index (κ3) is 1.67. The van der Waals surface area contributed by atoms with Gasteiger partial charge in [0, 0.05) is 6.04 Å². The molecule has 2 atom stereocenters.